The molecular formula is C21H38IN5O2S. The molecule has 0 aliphatic carbocycles. The van der Waals surface area contributed by atoms with E-state index < -0.39 is 15.6 Å². The number of nitrogens with one attached hydrogen (secondary N) is 3. The third kappa shape index (κ3) is 8.32. The Morgan fingerprint density at radius 3 is 2.33 bits per heavy atom. The Bertz CT molecular complexity index is 798. The second-order valence-electron chi connectivity index (χ2n) is 8.94. The minimum Gasteiger partial charge on any atom is -0.354 e. The Morgan fingerprint density at radius 1 is 1.20 bits per heavy atom. The molecule has 7 nitrogen and oxygen atoms in total. The normalized spacial score (nSPS) is 17.0. The molecule has 0 unspecified atom stereocenters. The van der Waals surface area contributed by atoms with Gasteiger partial charge in [-0.15, -0.1) is 24.0 Å². The fourth-order valence-corrected chi connectivity index (χ4v) is 5.16. The fourth-order valence-electron chi connectivity index (χ4n) is 3.50. The summed E-state index contributed by atoms with van der Waals surface area (Å²) in [5.74, 6) is 0.698. The first kappa shape index (κ1) is 27.1. The lowest BCUT2D eigenvalue weighted by Gasteiger charge is -2.35. The zero-order valence-electron chi connectivity index (χ0n) is 19.0. The first-order valence-corrected chi connectivity index (χ1v) is 11.8. The number of nitrogens with zero attached hydrogens (tertiary/aromatic N) is 2. The van der Waals surface area contributed by atoms with Gasteiger partial charge in [0.15, 0.2) is 5.96 Å². The van der Waals surface area contributed by atoms with Gasteiger partial charge in [0, 0.05) is 44.3 Å². The number of hydrogen-bond donors (Lipinski definition) is 3. The summed E-state index contributed by atoms with van der Waals surface area (Å²) in [5, 5.41) is 6.75. The van der Waals surface area contributed by atoms with E-state index in [-0.39, 0.29) is 24.0 Å². The molecule has 0 atom stereocenters. The van der Waals surface area contributed by atoms with Crippen molar-refractivity contribution in [2.75, 3.05) is 20.1 Å². The van der Waals surface area contributed by atoms with Gasteiger partial charge in [-0.2, -0.15) is 0 Å². The summed E-state index contributed by atoms with van der Waals surface area (Å²) in [5.41, 5.74) is 0.170. The average Bonchev–Trinajstić information content (AvgIpc) is 2.63. The number of likely N-dealkylation sites (tertiary alicyclic amines) is 1. The lowest BCUT2D eigenvalue weighted by Crippen LogP contribution is -2.49. The summed E-state index contributed by atoms with van der Waals surface area (Å²) in [4.78, 5) is 7.10. The smallest absolute Gasteiger partial charge is 0.241 e. The van der Waals surface area contributed by atoms with Gasteiger partial charge in [0.25, 0.3) is 0 Å². The second kappa shape index (κ2) is 11.6. The Hall–Kier alpha value is -0.910. The third-order valence-electron chi connectivity index (χ3n) is 4.97. The standard InChI is InChI=1S/C21H37N5O2S.HI/c1-16(2)26-13-11-18(12-14-26)24-20(22-6)23-15-17-9-7-8-10-19(17)29(27,28)25-21(3,4)5;/h7-10,16,18,25H,11-15H2,1-6H3,(H2,22,23,24);1H. The summed E-state index contributed by atoms with van der Waals surface area (Å²) in [6.45, 7) is 12.5. The molecular weight excluding hydrogens is 513 g/mol. The Labute approximate surface area is 199 Å². The molecule has 3 N–H and O–H groups in total. The molecule has 9 heteroatoms. The van der Waals surface area contributed by atoms with Crippen molar-refractivity contribution in [1.82, 2.24) is 20.3 Å². The molecule has 1 aromatic carbocycles. The van der Waals surface area contributed by atoms with Crippen LogP contribution in [0.5, 0.6) is 0 Å². The molecule has 1 aliphatic rings. The number of halogens is 1. The van der Waals surface area contributed by atoms with Crippen LogP contribution in [0.4, 0.5) is 0 Å². The first-order chi connectivity index (χ1) is 13.5. The maximum absolute atomic E-state index is 12.8. The van der Waals surface area contributed by atoms with Crippen molar-refractivity contribution in [2.45, 2.75) is 76.5 Å². The maximum Gasteiger partial charge on any atom is 0.241 e. The lowest BCUT2D eigenvalue weighted by atomic mass is 10.0. The van der Waals surface area contributed by atoms with Crippen molar-refractivity contribution >= 4 is 40.0 Å². The van der Waals surface area contributed by atoms with E-state index >= 15 is 0 Å². The number of hydrogen-bond acceptors (Lipinski definition) is 4. The van der Waals surface area contributed by atoms with Crippen LogP contribution in [-0.2, 0) is 16.6 Å². The van der Waals surface area contributed by atoms with Gasteiger partial charge in [0.2, 0.25) is 10.0 Å². The van der Waals surface area contributed by atoms with Crippen molar-refractivity contribution in [3.8, 4) is 0 Å². The first-order valence-electron chi connectivity index (χ1n) is 10.3. The van der Waals surface area contributed by atoms with Crippen molar-refractivity contribution in [1.29, 1.82) is 0 Å². The van der Waals surface area contributed by atoms with Crippen LogP contribution in [-0.4, -0.2) is 57.0 Å². The van der Waals surface area contributed by atoms with Gasteiger partial charge in [-0.3, -0.25) is 4.99 Å². The minimum absolute atomic E-state index is 0. The van der Waals surface area contributed by atoms with Crippen molar-refractivity contribution < 1.29 is 8.42 Å². The van der Waals surface area contributed by atoms with Gasteiger partial charge in [0.1, 0.15) is 0 Å². The molecule has 0 bridgehead atoms. The number of rotatable bonds is 6. The van der Waals surface area contributed by atoms with Crippen LogP contribution in [0.3, 0.4) is 0 Å². The Balaban J connectivity index is 0.00000450. The van der Waals surface area contributed by atoms with Crippen LogP contribution < -0.4 is 15.4 Å². The fraction of sp³-hybridized carbons (Fsp3) is 0.667. The lowest BCUT2D eigenvalue weighted by molar-refractivity contribution is 0.167. The van der Waals surface area contributed by atoms with Crippen LogP contribution >= 0.6 is 24.0 Å². The van der Waals surface area contributed by atoms with Crippen LogP contribution in [0.15, 0.2) is 34.2 Å². The van der Waals surface area contributed by atoms with E-state index in [1.54, 1.807) is 19.2 Å². The molecule has 1 fully saturated rings. The van der Waals surface area contributed by atoms with E-state index in [1.807, 2.05) is 32.9 Å². The molecule has 0 saturated carbocycles. The van der Waals surface area contributed by atoms with Crippen LogP contribution in [0.25, 0.3) is 0 Å². The minimum atomic E-state index is -3.60. The molecule has 0 radical (unpaired) electrons. The van der Waals surface area contributed by atoms with Crippen LogP contribution in [0.1, 0.15) is 53.0 Å². The van der Waals surface area contributed by atoms with Crippen molar-refractivity contribution in [3.63, 3.8) is 0 Å². The summed E-state index contributed by atoms with van der Waals surface area (Å²) < 4.78 is 28.3. The topological polar surface area (TPSA) is 85.8 Å². The summed E-state index contributed by atoms with van der Waals surface area (Å²) in [7, 11) is -1.86. The van der Waals surface area contributed by atoms with Gasteiger partial charge in [0.05, 0.1) is 4.90 Å². The Kier molecular flexibility index (Phi) is 10.5. The third-order valence-corrected chi connectivity index (χ3v) is 6.83. The highest BCUT2D eigenvalue weighted by atomic mass is 127. The molecule has 1 aromatic rings. The van der Waals surface area contributed by atoms with Crippen molar-refractivity contribution in [3.05, 3.63) is 29.8 Å². The molecule has 1 heterocycles. The number of aliphatic imine (C=N–C) groups is 1. The van der Waals surface area contributed by atoms with Crippen LogP contribution in [0, 0.1) is 0 Å². The molecule has 1 aliphatic heterocycles. The SMILES string of the molecule is CN=C(NCc1ccccc1S(=O)(=O)NC(C)(C)C)NC1CCN(C(C)C)CC1.I. The Morgan fingerprint density at radius 2 is 1.80 bits per heavy atom. The number of benzene rings is 1. The molecule has 1 saturated heterocycles. The predicted molar refractivity (Wildman–Crippen MR) is 135 cm³/mol. The highest BCUT2D eigenvalue weighted by molar-refractivity contribution is 14.0. The predicted octanol–water partition coefficient (Wildman–Crippen LogP) is 2.92. The highest BCUT2D eigenvalue weighted by Crippen LogP contribution is 2.18. The van der Waals surface area contributed by atoms with Gasteiger partial charge in [-0.05, 0) is 59.1 Å². The number of guanidine groups is 1. The summed E-state index contributed by atoms with van der Waals surface area (Å²) in [6.07, 6.45) is 2.14. The molecule has 30 heavy (non-hydrogen) atoms. The van der Waals surface area contributed by atoms with E-state index in [1.165, 1.54) is 0 Å². The molecule has 0 spiro atoms. The monoisotopic (exact) mass is 551 g/mol. The van der Waals surface area contributed by atoms with E-state index in [9.17, 15) is 8.42 Å². The molecule has 2 rings (SSSR count). The van der Waals surface area contributed by atoms with Crippen molar-refractivity contribution in [2.24, 2.45) is 4.99 Å². The molecule has 172 valence electrons. The van der Waals surface area contributed by atoms with E-state index in [0.717, 1.165) is 25.9 Å². The van der Waals surface area contributed by atoms with Gasteiger partial charge in [-0.1, -0.05) is 18.2 Å². The number of piperidine rings is 1. The largest absolute Gasteiger partial charge is 0.354 e. The quantitative estimate of drug-likeness (QED) is 0.288. The van der Waals surface area contributed by atoms with Gasteiger partial charge >= 0.3 is 0 Å². The van der Waals surface area contributed by atoms with E-state index in [0.29, 0.717) is 35.0 Å². The number of sulfonamides is 1. The van der Waals surface area contributed by atoms with Gasteiger partial charge in [-0.25, -0.2) is 13.1 Å². The second-order valence-corrected chi connectivity index (χ2v) is 10.6. The molecule has 0 aromatic heterocycles. The van der Waals surface area contributed by atoms with Gasteiger partial charge < -0.3 is 15.5 Å². The van der Waals surface area contributed by atoms with Crippen LogP contribution in [0.2, 0.25) is 0 Å². The summed E-state index contributed by atoms with van der Waals surface area (Å²) >= 11 is 0. The van der Waals surface area contributed by atoms with E-state index in [4.69, 9.17) is 0 Å². The zero-order chi connectivity index (χ0) is 21.7. The molecule has 0 amide bonds. The average molecular weight is 552 g/mol. The maximum atomic E-state index is 12.8. The summed E-state index contributed by atoms with van der Waals surface area (Å²) in [6, 6.07) is 8.02. The zero-order valence-corrected chi connectivity index (χ0v) is 22.2. The van der Waals surface area contributed by atoms with E-state index in [2.05, 4.69) is 39.1 Å². The highest BCUT2D eigenvalue weighted by Gasteiger charge is 2.25.